The van der Waals surface area contributed by atoms with E-state index in [0.717, 1.165) is 9.80 Å². The van der Waals surface area contributed by atoms with Crippen LogP contribution in [0, 0.1) is 11.6 Å². The SMILES string of the molecule is C.COC(=O)N(C)c1c(N)nc(-c2nn(Cc3ccccc3F)c3ncccc23)nc1N.COC(=O)N(C)c1c(N)nc(-c2nn(Cc3ccccc3F)c3ncccc23)nc1N.CS(C)=O.CS(C)=O.II. The minimum Gasteiger partial charge on any atom is -0.452 e. The van der Waals surface area contributed by atoms with Crippen LogP contribution >= 0.6 is 37.2 Å². The number of ether oxygens (including phenoxy) is 2. The number of halogens is 4. The van der Waals surface area contributed by atoms with E-state index in [1.165, 1.54) is 40.4 Å². The Morgan fingerprint density at radius 3 is 1.18 bits per heavy atom. The molecule has 8 N–H and O–H groups in total. The highest BCUT2D eigenvalue weighted by molar-refractivity contribution is 15.0. The molecule has 0 aliphatic heterocycles. The van der Waals surface area contributed by atoms with E-state index in [2.05, 4.69) is 86.8 Å². The van der Waals surface area contributed by atoms with Gasteiger partial charge in [0.25, 0.3) is 0 Å². The molecule has 0 atom stereocenters. The van der Waals surface area contributed by atoms with Crippen molar-refractivity contribution in [2.45, 2.75) is 20.5 Å². The number of pyridine rings is 2. The summed E-state index contributed by atoms with van der Waals surface area (Å²) < 4.78 is 59.9. The van der Waals surface area contributed by atoms with Crippen LogP contribution in [-0.2, 0) is 44.2 Å². The Balaban J connectivity index is 0.000000323. The van der Waals surface area contributed by atoms with Crippen molar-refractivity contribution in [3.8, 4) is 23.0 Å². The molecule has 0 saturated heterocycles. The lowest BCUT2D eigenvalue weighted by molar-refractivity contribution is 0.179. The highest BCUT2D eigenvalue weighted by atomic mass is 128. The van der Waals surface area contributed by atoms with Gasteiger partial charge in [-0.1, -0.05) is 43.8 Å². The van der Waals surface area contributed by atoms with Crippen LogP contribution in [0.3, 0.4) is 0 Å². The molecule has 390 valence electrons. The summed E-state index contributed by atoms with van der Waals surface area (Å²) in [7, 11) is 4.14. The number of carbonyl (C=O) groups excluding carboxylic acids is 2. The molecular formula is C45H54F2I2N16O6S2. The molecule has 0 saturated carbocycles. The number of hydrogen-bond donors (Lipinski definition) is 4. The van der Waals surface area contributed by atoms with Gasteiger partial charge in [0, 0.05) is 121 Å². The quantitative estimate of drug-likeness (QED) is 0.109. The Kier molecular flexibility index (Phi) is 23.6. The number of benzene rings is 2. The number of fused-ring (bicyclic) bond motifs is 2. The van der Waals surface area contributed by atoms with Crippen molar-refractivity contribution in [1.29, 1.82) is 0 Å². The van der Waals surface area contributed by atoms with E-state index in [9.17, 15) is 26.8 Å². The summed E-state index contributed by atoms with van der Waals surface area (Å²) in [4.78, 5) is 51.8. The molecule has 8 rings (SSSR count). The number of methoxy groups -OCH3 is 2. The first kappa shape index (κ1) is 60.5. The van der Waals surface area contributed by atoms with Gasteiger partial charge in [-0.15, -0.1) is 0 Å². The summed E-state index contributed by atoms with van der Waals surface area (Å²) in [6.07, 6.45) is 8.45. The van der Waals surface area contributed by atoms with Gasteiger partial charge in [-0.05, 0) is 36.4 Å². The van der Waals surface area contributed by atoms with E-state index in [-0.39, 0.29) is 78.4 Å². The number of nitrogen functional groups attached to an aromatic ring is 4. The molecule has 22 nitrogen and oxygen atoms in total. The molecule has 0 aliphatic rings. The third-order valence-electron chi connectivity index (χ3n) is 9.44. The van der Waals surface area contributed by atoms with Gasteiger partial charge < -0.3 is 32.4 Å². The largest absolute Gasteiger partial charge is 0.452 e. The Morgan fingerprint density at radius 2 is 0.890 bits per heavy atom. The van der Waals surface area contributed by atoms with Gasteiger partial charge in [0.1, 0.15) is 34.4 Å². The maximum absolute atomic E-state index is 14.2. The maximum Gasteiger partial charge on any atom is 0.413 e. The highest BCUT2D eigenvalue weighted by Crippen LogP contribution is 2.34. The first-order valence-corrected chi connectivity index (χ1v) is 30.7. The van der Waals surface area contributed by atoms with Crippen LogP contribution < -0.4 is 32.7 Å². The first-order valence-electron chi connectivity index (χ1n) is 20.5. The molecule has 0 aliphatic carbocycles. The average molecular weight is 1270 g/mol. The lowest BCUT2D eigenvalue weighted by Crippen LogP contribution is -2.28. The van der Waals surface area contributed by atoms with Gasteiger partial charge in [-0.2, -0.15) is 10.2 Å². The predicted octanol–water partition coefficient (Wildman–Crippen LogP) is 7.28. The van der Waals surface area contributed by atoms with Gasteiger partial charge in [-0.3, -0.25) is 18.2 Å². The monoisotopic (exact) mass is 1270 g/mol. The summed E-state index contributed by atoms with van der Waals surface area (Å²) >= 11 is 4.24. The molecule has 8 aromatic rings. The predicted molar refractivity (Wildman–Crippen MR) is 302 cm³/mol. The van der Waals surface area contributed by atoms with Crippen molar-refractivity contribution in [2.24, 2.45) is 0 Å². The van der Waals surface area contributed by atoms with Crippen LogP contribution in [0.5, 0.6) is 0 Å². The Morgan fingerprint density at radius 1 is 0.589 bits per heavy atom. The molecule has 0 unspecified atom stereocenters. The van der Waals surface area contributed by atoms with Crippen LogP contribution in [0.1, 0.15) is 18.6 Å². The third-order valence-corrected chi connectivity index (χ3v) is 9.44. The summed E-state index contributed by atoms with van der Waals surface area (Å²) in [5.74, 6) is -0.448. The maximum atomic E-state index is 14.2. The number of carbonyl (C=O) groups is 2. The zero-order valence-corrected chi connectivity index (χ0v) is 45.9. The molecule has 2 amide bonds. The highest BCUT2D eigenvalue weighted by Gasteiger charge is 2.25. The van der Waals surface area contributed by atoms with Gasteiger partial charge in [0.2, 0.25) is 0 Å². The minimum absolute atomic E-state index is 0. The van der Waals surface area contributed by atoms with E-state index in [1.54, 1.807) is 107 Å². The molecule has 0 fully saturated rings. The topological polar surface area (TPSA) is 310 Å². The van der Waals surface area contributed by atoms with Crippen LogP contribution in [0.15, 0.2) is 85.2 Å². The van der Waals surface area contributed by atoms with E-state index in [4.69, 9.17) is 22.9 Å². The molecule has 0 spiro atoms. The summed E-state index contributed by atoms with van der Waals surface area (Å²) in [6.45, 7) is 0.322. The molecule has 73 heavy (non-hydrogen) atoms. The number of nitrogens with two attached hydrogens (primary N) is 4. The van der Waals surface area contributed by atoms with Crippen LogP contribution in [0.2, 0.25) is 0 Å². The summed E-state index contributed by atoms with van der Waals surface area (Å²) in [6, 6.07) is 19.9. The number of amides is 2. The van der Waals surface area contributed by atoms with E-state index >= 15 is 0 Å². The third kappa shape index (κ3) is 15.6. The Labute approximate surface area is 447 Å². The van der Waals surface area contributed by atoms with Crippen molar-refractivity contribution in [1.82, 2.24) is 49.5 Å². The number of anilines is 6. The van der Waals surface area contributed by atoms with Gasteiger partial charge >= 0.3 is 12.2 Å². The fraction of sp³-hybridized carbons (Fsp3) is 0.244. The van der Waals surface area contributed by atoms with Crippen molar-refractivity contribution < 1.29 is 36.3 Å². The molecule has 2 aromatic carbocycles. The first-order chi connectivity index (χ1) is 34.3. The van der Waals surface area contributed by atoms with E-state index < -0.39 is 33.8 Å². The Bertz CT molecular complexity index is 2960. The normalized spacial score (nSPS) is 10.3. The second kappa shape index (κ2) is 28.4. The lowest BCUT2D eigenvalue weighted by Gasteiger charge is -2.18. The number of rotatable bonds is 8. The van der Waals surface area contributed by atoms with Gasteiger partial charge in [-0.25, -0.2) is 57.6 Å². The minimum atomic E-state index is -0.668. The fourth-order valence-corrected chi connectivity index (χ4v) is 6.48. The van der Waals surface area contributed by atoms with Crippen LogP contribution in [0.25, 0.3) is 45.1 Å². The lowest BCUT2D eigenvalue weighted by atomic mass is 10.2. The molecule has 0 bridgehead atoms. The van der Waals surface area contributed by atoms with Crippen molar-refractivity contribution in [3.63, 3.8) is 0 Å². The number of aromatic nitrogens is 10. The zero-order valence-electron chi connectivity index (χ0n) is 40.0. The second-order valence-electron chi connectivity index (χ2n) is 14.8. The molecule has 28 heteroatoms. The molecule has 6 heterocycles. The average Bonchev–Trinajstić information content (AvgIpc) is 3.90. The summed E-state index contributed by atoms with van der Waals surface area (Å²) in [5.41, 5.74) is 27.2. The number of hydrogen-bond acceptors (Lipinski definition) is 18. The molecular weight excluding hydrogens is 1220 g/mol. The van der Waals surface area contributed by atoms with Crippen molar-refractivity contribution in [3.05, 3.63) is 108 Å². The van der Waals surface area contributed by atoms with E-state index in [0.29, 0.717) is 44.6 Å². The van der Waals surface area contributed by atoms with Crippen LogP contribution in [0.4, 0.5) is 53.0 Å². The standard InChI is InChI=1S/2C20H19FN8O2.2C2H6OS.CH4.I2/c2*1-28(20(30)31-2)15-16(22)25-18(26-17(15)23)14-12-7-5-9-24-19(12)29(27-14)10-11-6-3-4-8-13(11)21;2*1-4(2)3;;1-2/h2*3-9H,10H2,1-2H3,(H4,22,23,25,26);2*1-2H3;1H4;. The second-order valence-corrected chi connectivity index (χ2v) is 17.8. The smallest absolute Gasteiger partial charge is 0.413 e. The fourth-order valence-electron chi connectivity index (χ4n) is 6.48. The Hall–Kier alpha value is -6.80. The van der Waals surface area contributed by atoms with Crippen LogP contribution in [-0.4, -0.2) is 123 Å². The van der Waals surface area contributed by atoms with Crippen molar-refractivity contribution >= 4 is 128 Å². The zero-order chi connectivity index (χ0) is 53.4. The molecule has 6 aromatic heterocycles. The number of nitrogens with zero attached hydrogens (tertiary/aromatic N) is 12. The summed E-state index contributed by atoms with van der Waals surface area (Å²) in [5, 5.41) is 10.4. The van der Waals surface area contributed by atoms with Gasteiger partial charge in [0.15, 0.2) is 46.2 Å². The van der Waals surface area contributed by atoms with Gasteiger partial charge in [0.05, 0.1) is 38.1 Å². The van der Waals surface area contributed by atoms with E-state index in [1.807, 2.05) is 0 Å². The molecule has 0 radical (unpaired) electrons. The van der Waals surface area contributed by atoms with Crippen molar-refractivity contribution in [2.75, 3.05) is 86.1 Å².